The zero-order valence-electron chi connectivity index (χ0n) is 12.8. The molecule has 0 bridgehead atoms. The van der Waals surface area contributed by atoms with Crippen molar-refractivity contribution in [3.05, 3.63) is 52.8 Å². The van der Waals surface area contributed by atoms with E-state index in [2.05, 4.69) is 10.4 Å². The molecule has 1 unspecified atom stereocenters. The molecule has 1 aromatic heterocycles. The van der Waals surface area contributed by atoms with E-state index in [9.17, 15) is 14.7 Å². The summed E-state index contributed by atoms with van der Waals surface area (Å²) in [4.78, 5) is 23.8. The molecule has 0 spiro atoms. The lowest BCUT2D eigenvalue weighted by Gasteiger charge is -2.15. The fraction of sp³-hybridized carbons (Fsp3) is 0.312. The van der Waals surface area contributed by atoms with Crippen LogP contribution in [0.5, 0.6) is 0 Å². The van der Waals surface area contributed by atoms with E-state index < -0.39 is 17.9 Å². The Labute approximate surface area is 128 Å². The van der Waals surface area contributed by atoms with Gasteiger partial charge >= 0.3 is 5.97 Å². The van der Waals surface area contributed by atoms with Crippen molar-refractivity contribution in [1.82, 2.24) is 15.1 Å². The van der Waals surface area contributed by atoms with Crippen LogP contribution >= 0.6 is 0 Å². The lowest BCUT2D eigenvalue weighted by atomic mass is 10.1. The van der Waals surface area contributed by atoms with Gasteiger partial charge in [-0.1, -0.05) is 30.3 Å². The van der Waals surface area contributed by atoms with Crippen molar-refractivity contribution < 1.29 is 14.7 Å². The molecule has 1 aromatic carbocycles. The van der Waals surface area contributed by atoms with Crippen LogP contribution in [-0.4, -0.2) is 32.8 Å². The van der Waals surface area contributed by atoms with Crippen molar-refractivity contribution in [2.75, 3.05) is 0 Å². The number of aliphatic carboxylic acids is 1. The molecular formula is C16H19N3O3. The molecule has 0 saturated carbocycles. The molecule has 0 aliphatic heterocycles. The molecular weight excluding hydrogens is 282 g/mol. The first-order valence-corrected chi connectivity index (χ1v) is 6.98. The Bertz CT molecular complexity index is 692. The number of amides is 1. The molecule has 6 heteroatoms. The minimum Gasteiger partial charge on any atom is -0.480 e. The molecule has 1 amide bonds. The summed E-state index contributed by atoms with van der Waals surface area (Å²) >= 11 is 0. The molecule has 116 valence electrons. The number of aromatic nitrogens is 2. The lowest BCUT2D eigenvalue weighted by molar-refractivity contribution is -0.139. The van der Waals surface area contributed by atoms with E-state index >= 15 is 0 Å². The fourth-order valence-corrected chi connectivity index (χ4v) is 2.38. The summed E-state index contributed by atoms with van der Waals surface area (Å²) in [6.07, 6.45) is 0.236. The second kappa shape index (κ2) is 6.43. The minimum absolute atomic E-state index is 0.236. The minimum atomic E-state index is -1.06. The fourth-order valence-electron chi connectivity index (χ4n) is 2.38. The van der Waals surface area contributed by atoms with Crippen LogP contribution in [0.1, 0.15) is 27.3 Å². The first kappa shape index (κ1) is 15.8. The Morgan fingerprint density at radius 1 is 1.27 bits per heavy atom. The van der Waals surface area contributed by atoms with Gasteiger partial charge in [0.2, 0.25) is 0 Å². The van der Waals surface area contributed by atoms with Gasteiger partial charge < -0.3 is 10.4 Å². The van der Waals surface area contributed by atoms with Gasteiger partial charge in [0, 0.05) is 19.2 Å². The van der Waals surface area contributed by atoms with E-state index in [0.717, 1.165) is 5.56 Å². The topological polar surface area (TPSA) is 84.2 Å². The number of carboxylic acid groups (broad SMARTS) is 1. The van der Waals surface area contributed by atoms with Crippen molar-refractivity contribution in [3.63, 3.8) is 0 Å². The number of carbonyl (C=O) groups is 2. The van der Waals surface area contributed by atoms with Gasteiger partial charge in [-0.3, -0.25) is 9.48 Å². The lowest BCUT2D eigenvalue weighted by Crippen LogP contribution is -2.42. The Hall–Kier alpha value is -2.63. The molecule has 1 heterocycles. The number of nitrogens with zero attached hydrogens (tertiary/aromatic N) is 2. The SMILES string of the molecule is Cc1nn(C)c(C)c1C(=O)NC(Cc1ccccc1)C(=O)O. The highest BCUT2D eigenvalue weighted by Gasteiger charge is 2.24. The summed E-state index contributed by atoms with van der Waals surface area (Å²) in [5.41, 5.74) is 2.58. The standard InChI is InChI=1S/C16H19N3O3/c1-10-14(11(2)19(3)18-10)15(20)17-13(16(21)22)9-12-7-5-4-6-8-12/h4-8,13H,9H2,1-3H3,(H,17,20)(H,21,22). The maximum Gasteiger partial charge on any atom is 0.326 e. The van der Waals surface area contributed by atoms with Crippen molar-refractivity contribution >= 4 is 11.9 Å². The van der Waals surface area contributed by atoms with E-state index in [0.29, 0.717) is 17.0 Å². The van der Waals surface area contributed by atoms with Crippen molar-refractivity contribution in [1.29, 1.82) is 0 Å². The summed E-state index contributed by atoms with van der Waals surface area (Å²) < 4.78 is 1.61. The summed E-state index contributed by atoms with van der Waals surface area (Å²) in [6.45, 7) is 3.51. The number of aryl methyl sites for hydroxylation is 2. The van der Waals surface area contributed by atoms with Crippen LogP contribution in [-0.2, 0) is 18.3 Å². The van der Waals surface area contributed by atoms with Crippen LogP contribution in [0, 0.1) is 13.8 Å². The van der Waals surface area contributed by atoms with Gasteiger partial charge in [0.05, 0.1) is 11.3 Å². The van der Waals surface area contributed by atoms with E-state index in [1.54, 1.807) is 25.6 Å². The number of benzene rings is 1. The molecule has 0 fully saturated rings. The Morgan fingerprint density at radius 2 is 1.91 bits per heavy atom. The summed E-state index contributed by atoms with van der Waals surface area (Å²) in [5, 5.41) is 16.1. The van der Waals surface area contributed by atoms with Gasteiger partial charge in [0.15, 0.2) is 0 Å². The number of rotatable bonds is 5. The van der Waals surface area contributed by atoms with E-state index in [1.165, 1.54) is 0 Å². The summed E-state index contributed by atoms with van der Waals surface area (Å²) in [6, 6.07) is 8.23. The largest absolute Gasteiger partial charge is 0.480 e. The molecule has 22 heavy (non-hydrogen) atoms. The zero-order chi connectivity index (χ0) is 16.3. The highest BCUT2D eigenvalue weighted by Crippen LogP contribution is 2.12. The molecule has 1 atom stereocenters. The van der Waals surface area contributed by atoms with Crippen LogP contribution in [0.15, 0.2) is 30.3 Å². The smallest absolute Gasteiger partial charge is 0.326 e. The average Bonchev–Trinajstić information content (AvgIpc) is 2.72. The first-order valence-electron chi connectivity index (χ1n) is 6.98. The summed E-state index contributed by atoms with van der Waals surface area (Å²) in [5.74, 6) is -1.47. The highest BCUT2D eigenvalue weighted by atomic mass is 16.4. The third-order valence-corrected chi connectivity index (χ3v) is 3.62. The number of carbonyl (C=O) groups excluding carboxylic acids is 1. The average molecular weight is 301 g/mol. The van der Waals surface area contributed by atoms with Crippen LogP contribution in [0.25, 0.3) is 0 Å². The second-order valence-electron chi connectivity index (χ2n) is 5.22. The van der Waals surface area contributed by atoms with Gasteiger partial charge in [-0.05, 0) is 19.4 Å². The Morgan fingerprint density at radius 3 is 2.41 bits per heavy atom. The number of hydrogen-bond acceptors (Lipinski definition) is 3. The van der Waals surface area contributed by atoms with Crippen LogP contribution in [0.3, 0.4) is 0 Å². The van der Waals surface area contributed by atoms with E-state index in [4.69, 9.17) is 0 Å². The number of nitrogens with one attached hydrogen (secondary N) is 1. The summed E-state index contributed by atoms with van der Waals surface area (Å²) in [7, 11) is 1.75. The van der Waals surface area contributed by atoms with Gasteiger partial charge in [-0.25, -0.2) is 4.79 Å². The normalized spacial score (nSPS) is 12.0. The van der Waals surface area contributed by atoms with Gasteiger partial charge in [-0.2, -0.15) is 5.10 Å². The molecule has 0 aliphatic rings. The Kier molecular flexibility index (Phi) is 4.60. The molecule has 0 aliphatic carbocycles. The molecule has 6 nitrogen and oxygen atoms in total. The number of carboxylic acids is 1. The van der Waals surface area contributed by atoms with Crippen LogP contribution in [0.4, 0.5) is 0 Å². The molecule has 0 saturated heterocycles. The van der Waals surface area contributed by atoms with Crippen molar-refractivity contribution in [3.8, 4) is 0 Å². The van der Waals surface area contributed by atoms with E-state index in [-0.39, 0.29) is 6.42 Å². The third kappa shape index (κ3) is 3.33. The van der Waals surface area contributed by atoms with Crippen molar-refractivity contribution in [2.24, 2.45) is 7.05 Å². The van der Waals surface area contributed by atoms with Gasteiger partial charge in [0.25, 0.3) is 5.91 Å². The number of hydrogen-bond donors (Lipinski definition) is 2. The van der Waals surface area contributed by atoms with Crippen LogP contribution in [0.2, 0.25) is 0 Å². The van der Waals surface area contributed by atoms with Crippen LogP contribution < -0.4 is 5.32 Å². The zero-order valence-corrected chi connectivity index (χ0v) is 12.8. The predicted molar refractivity (Wildman–Crippen MR) is 81.7 cm³/mol. The van der Waals surface area contributed by atoms with Gasteiger partial charge in [-0.15, -0.1) is 0 Å². The maximum absolute atomic E-state index is 12.4. The first-order chi connectivity index (χ1) is 10.4. The second-order valence-corrected chi connectivity index (χ2v) is 5.22. The molecule has 0 radical (unpaired) electrons. The monoisotopic (exact) mass is 301 g/mol. The quantitative estimate of drug-likeness (QED) is 0.875. The third-order valence-electron chi connectivity index (χ3n) is 3.62. The van der Waals surface area contributed by atoms with Gasteiger partial charge in [0.1, 0.15) is 6.04 Å². The predicted octanol–water partition coefficient (Wildman–Crippen LogP) is 1.46. The molecule has 2 aromatic rings. The molecule has 2 N–H and O–H groups in total. The van der Waals surface area contributed by atoms with Crippen molar-refractivity contribution in [2.45, 2.75) is 26.3 Å². The highest BCUT2D eigenvalue weighted by molar-refractivity contribution is 5.98. The maximum atomic E-state index is 12.4. The Balaban J connectivity index is 2.17. The van der Waals surface area contributed by atoms with E-state index in [1.807, 2.05) is 30.3 Å². The molecule has 2 rings (SSSR count).